The first kappa shape index (κ1) is 14.1. The fourth-order valence-corrected chi connectivity index (χ4v) is 2.69. The van der Waals surface area contributed by atoms with Gasteiger partial charge in [-0.2, -0.15) is 0 Å². The number of hydrogen-bond acceptors (Lipinski definition) is 3. The summed E-state index contributed by atoms with van der Waals surface area (Å²) in [5, 5.41) is 3.30. The molecule has 1 aliphatic rings. The van der Waals surface area contributed by atoms with E-state index in [0.29, 0.717) is 23.2 Å². The van der Waals surface area contributed by atoms with Crippen molar-refractivity contribution in [1.29, 1.82) is 0 Å². The van der Waals surface area contributed by atoms with Crippen LogP contribution >= 0.6 is 34.8 Å². The fourth-order valence-electron chi connectivity index (χ4n) is 1.95. The van der Waals surface area contributed by atoms with Crippen molar-refractivity contribution in [3.63, 3.8) is 0 Å². The number of carbonyl (C=O) groups excluding carboxylic acids is 2. The second-order valence-corrected chi connectivity index (χ2v) is 5.08. The molecule has 1 heterocycles. The van der Waals surface area contributed by atoms with Gasteiger partial charge in [-0.3, -0.25) is 9.59 Å². The summed E-state index contributed by atoms with van der Waals surface area (Å²) in [5.74, 6) is -0.616. The molecule has 98 valence electrons. The Bertz CT molecular complexity index is 578. The van der Waals surface area contributed by atoms with E-state index in [-0.39, 0.29) is 21.5 Å². The third-order valence-corrected chi connectivity index (χ3v) is 3.64. The van der Waals surface area contributed by atoms with Gasteiger partial charge in [-0.05, 0) is 17.7 Å². The molecule has 1 aromatic carbocycles. The molecule has 2 rings (SSSR count). The van der Waals surface area contributed by atoms with Crippen LogP contribution in [0.1, 0.15) is 11.5 Å². The highest BCUT2D eigenvalue weighted by Gasteiger charge is 2.30. The van der Waals surface area contributed by atoms with Crippen molar-refractivity contribution in [2.45, 2.75) is 5.92 Å². The van der Waals surface area contributed by atoms with Crippen molar-refractivity contribution in [3.05, 3.63) is 56.3 Å². The largest absolute Gasteiger partial charge is 0.336 e. The van der Waals surface area contributed by atoms with Crippen LogP contribution < -0.4 is 5.32 Å². The zero-order chi connectivity index (χ0) is 14.0. The van der Waals surface area contributed by atoms with Crippen LogP contribution in [0.15, 0.2) is 45.7 Å². The minimum atomic E-state index is -0.616. The summed E-state index contributed by atoms with van der Waals surface area (Å²) in [5.41, 5.74) is 1.17. The van der Waals surface area contributed by atoms with Crippen LogP contribution in [0.25, 0.3) is 0 Å². The van der Waals surface area contributed by atoms with Crippen LogP contribution in [-0.2, 0) is 9.59 Å². The topological polar surface area (TPSA) is 46.2 Å². The molecule has 1 aliphatic heterocycles. The van der Waals surface area contributed by atoms with Gasteiger partial charge in [0, 0.05) is 22.1 Å². The Morgan fingerprint density at radius 1 is 1.00 bits per heavy atom. The molecule has 0 amide bonds. The number of rotatable bonds is 3. The number of benzene rings is 1. The highest BCUT2D eigenvalue weighted by molar-refractivity contribution is 6.36. The molecule has 0 bridgehead atoms. The monoisotopic (exact) mass is 315 g/mol. The molecule has 0 radical (unpaired) electrons. The van der Waals surface area contributed by atoms with Gasteiger partial charge < -0.3 is 5.32 Å². The SMILES string of the molecule is O=CC1=C(Cl)NC(Cl)=C(C=O)C1c1cccc(Cl)c1. The Kier molecular flexibility index (Phi) is 4.30. The minimum absolute atomic E-state index is 0.107. The number of halogens is 3. The number of aldehydes is 2. The summed E-state index contributed by atoms with van der Waals surface area (Å²) in [6.07, 6.45) is 1.21. The number of nitrogens with one attached hydrogen (secondary N) is 1. The molecule has 1 N–H and O–H groups in total. The third kappa shape index (κ3) is 2.68. The number of carbonyl (C=O) groups is 2. The van der Waals surface area contributed by atoms with Crippen molar-refractivity contribution < 1.29 is 9.59 Å². The van der Waals surface area contributed by atoms with E-state index in [1.165, 1.54) is 0 Å². The van der Waals surface area contributed by atoms with Gasteiger partial charge in [0.15, 0.2) is 0 Å². The summed E-state index contributed by atoms with van der Waals surface area (Å²) >= 11 is 17.8. The van der Waals surface area contributed by atoms with Gasteiger partial charge in [0.1, 0.15) is 22.9 Å². The van der Waals surface area contributed by atoms with E-state index >= 15 is 0 Å². The van der Waals surface area contributed by atoms with Crippen molar-refractivity contribution in [1.82, 2.24) is 5.32 Å². The van der Waals surface area contributed by atoms with E-state index in [1.807, 2.05) is 0 Å². The van der Waals surface area contributed by atoms with Crippen molar-refractivity contribution in [2.75, 3.05) is 0 Å². The summed E-state index contributed by atoms with van der Waals surface area (Å²) in [7, 11) is 0. The standard InChI is InChI=1S/C13H8Cl3NO2/c14-8-3-1-2-7(4-8)11-9(5-18)12(15)17-13(16)10(11)6-19/h1-6,11,17H. The molecule has 6 heteroatoms. The van der Waals surface area contributed by atoms with E-state index in [2.05, 4.69) is 5.32 Å². The molecule has 0 aliphatic carbocycles. The minimum Gasteiger partial charge on any atom is -0.336 e. The molecule has 0 saturated heterocycles. The van der Waals surface area contributed by atoms with Crippen molar-refractivity contribution in [2.24, 2.45) is 0 Å². The van der Waals surface area contributed by atoms with E-state index in [1.54, 1.807) is 24.3 Å². The second-order valence-electron chi connectivity index (χ2n) is 3.89. The molecule has 19 heavy (non-hydrogen) atoms. The number of hydrogen-bond donors (Lipinski definition) is 1. The van der Waals surface area contributed by atoms with Gasteiger partial charge >= 0.3 is 0 Å². The van der Waals surface area contributed by atoms with Crippen LogP contribution in [0.4, 0.5) is 0 Å². The Morgan fingerprint density at radius 3 is 2.05 bits per heavy atom. The van der Waals surface area contributed by atoms with Gasteiger partial charge in [-0.1, -0.05) is 46.9 Å². The highest BCUT2D eigenvalue weighted by Crippen LogP contribution is 2.38. The maximum Gasteiger partial charge on any atom is 0.150 e. The number of dihydropyridines is 1. The average Bonchev–Trinajstić information content (AvgIpc) is 2.38. The normalized spacial score (nSPS) is 16.4. The van der Waals surface area contributed by atoms with Gasteiger partial charge in [-0.25, -0.2) is 0 Å². The average molecular weight is 317 g/mol. The summed E-state index contributed by atoms with van der Waals surface area (Å²) < 4.78 is 0. The first-order valence-corrected chi connectivity index (χ1v) is 6.44. The van der Waals surface area contributed by atoms with Crippen LogP contribution in [0.2, 0.25) is 5.02 Å². The Hall–Kier alpha value is -1.29. The predicted octanol–water partition coefficient (Wildman–Crippen LogP) is 3.33. The lowest BCUT2D eigenvalue weighted by Crippen LogP contribution is -2.23. The maximum atomic E-state index is 11.2. The van der Waals surface area contributed by atoms with Gasteiger partial charge in [-0.15, -0.1) is 0 Å². The second kappa shape index (κ2) is 5.78. The summed E-state index contributed by atoms with van der Waals surface area (Å²) in [6.45, 7) is 0. The Balaban J connectivity index is 2.62. The first-order chi connectivity index (χ1) is 9.08. The Labute approximate surface area is 124 Å². The van der Waals surface area contributed by atoms with Crippen LogP contribution in [0, 0.1) is 0 Å². The molecular formula is C13H8Cl3NO2. The predicted molar refractivity (Wildman–Crippen MR) is 75.2 cm³/mol. The van der Waals surface area contributed by atoms with Gasteiger partial charge in [0.2, 0.25) is 0 Å². The maximum absolute atomic E-state index is 11.2. The quantitative estimate of drug-likeness (QED) is 0.687. The zero-order valence-corrected chi connectivity index (χ0v) is 11.8. The molecule has 0 saturated carbocycles. The molecule has 1 aromatic rings. The van der Waals surface area contributed by atoms with Crippen LogP contribution in [-0.4, -0.2) is 12.6 Å². The Morgan fingerprint density at radius 2 is 1.58 bits per heavy atom. The fraction of sp³-hybridized carbons (Fsp3) is 0.0769. The molecular weight excluding hydrogens is 309 g/mol. The van der Waals surface area contributed by atoms with Crippen molar-refractivity contribution in [3.8, 4) is 0 Å². The third-order valence-electron chi connectivity index (χ3n) is 2.78. The molecule has 0 spiro atoms. The zero-order valence-electron chi connectivity index (χ0n) is 9.49. The molecule has 3 nitrogen and oxygen atoms in total. The van der Waals surface area contributed by atoms with Crippen LogP contribution in [0.5, 0.6) is 0 Å². The highest BCUT2D eigenvalue weighted by atomic mass is 35.5. The lowest BCUT2D eigenvalue weighted by atomic mass is 9.85. The van der Waals surface area contributed by atoms with E-state index in [0.717, 1.165) is 0 Å². The van der Waals surface area contributed by atoms with Crippen LogP contribution in [0.3, 0.4) is 0 Å². The lowest BCUT2D eigenvalue weighted by molar-refractivity contribution is -0.105. The smallest absolute Gasteiger partial charge is 0.150 e. The van der Waals surface area contributed by atoms with E-state index in [9.17, 15) is 9.59 Å². The lowest BCUT2D eigenvalue weighted by Gasteiger charge is -2.25. The first-order valence-electron chi connectivity index (χ1n) is 5.30. The summed E-state index contributed by atoms with van der Waals surface area (Å²) in [4.78, 5) is 22.4. The van der Waals surface area contributed by atoms with E-state index in [4.69, 9.17) is 34.8 Å². The van der Waals surface area contributed by atoms with Crippen molar-refractivity contribution >= 4 is 47.4 Å². The van der Waals surface area contributed by atoms with E-state index < -0.39 is 5.92 Å². The molecule has 0 fully saturated rings. The van der Waals surface area contributed by atoms with Gasteiger partial charge in [0.05, 0.1) is 0 Å². The van der Waals surface area contributed by atoms with Gasteiger partial charge in [0.25, 0.3) is 0 Å². The molecule has 0 atom stereocenters. The summed E-state index contributed by atoms with van der Waals surface area (Å²) in [6, 6.07) is 6.85. The number of allylic oxidation sites excluding steroid dienone is 2. The molecule has 0 unspecified atom stereocenters. The molecule has 0 aromatic heterocycles.